The number of benzene rings is 1. The first-order valence-corrected chi connectivity index (χ1v) is 7.43. The Labute approximate surface area is 132 Å². The molecule has 0 bridgehead atoms. The van der Waals surface area contributed by atoms with Gasteiger partial charge in [0.1, 0.15) is 11.3 Å². The first-order valence-electron chi connectivity index (χ1n) is 7.05. The molecule has 2 rings (SSSR count). The van der Waals surface area contributed by atoms with Crippen molar-refractivity contribution in [1.82, 2.24) is 0 Å². The van der Waals surface area contributed by atoms with Crippen LogP contribution in [0.2, 0.25) is 5.02 Å². The van der Waals surface area contributed by atoms with Gasteiger partial charge in [-0.25, -0.2) is 9.59 Å². The lowest BCUT2D eigenvalue weighted by molar-refractivity contribution is -0.150. The summed E-state index contributed by atoms with van der Waals surface area (Å²) in [5.74, 6) is -0.214. The Morgan fingerprint density at radius 1 is 1.32 bits per heavy atom. The van der Waals surface area contributed by atoms with E-state index in [0.29, 0.717) is 17.0 Å². The van der Waals surface area contributed by atoms with Crippen LogP contribution in [0.15, 0.2) is 27.4 Å². The maximum absolute atomic E-state index is 11.6. The number of carbonyl (C=O) groups is 1. The largest absolute Gasteiger partial charge is 0.477 e. The van der Waals surface area contributed by atoms with Crippen molar-refractivity contribution >= 4 is 28.5 Å². The van der Waals surface area contributed by atoms with Gasteiger partial charge in [-0.2, -0.15) is 0 Å². The van der Waals surface area contributed by atoms with Crippen molar-refractivity contribution < 1.29 is 18.7 Å². The SMILES string of the molecule is CCOC(=O)C(C)Oc1cc2oc(=O)cc(CC)c2cc1Cl. The normalized spacial score (nSPS) is 12.2. The Morgan fingerprint density at radius 2 is 2.05 bits per heavy atom. The van der Waals surface area contributed by atoms with Gasteiger partial charge in [-0.15, -0.1) is 0 Å². The van der Waals surface area contributed by atoms with E-state index in [4.69, 9.17) is 25.5 Å². The van der Waals surface area contributed by atoms with Crippen LogP contribution in [0.5, 0.6) is 5.75 Å². The van der Waals surface area contributed by atoms with Gasteiger partial charge in [-0.3, -0.25) is 0 Å². The second kappa shape index (κ2) is 6.83. The van der Waals surface area contributed by atoms with E-state index in [-0.39, 0.29) is 12.4 Å². The summed E-state index contributed by atoms with van der Waals surface area (Å²) >= 11 is 6.20. The first kappa shape index (κ1) is 16.4. The lowest BCUT2D eigenvalue weighted by Gasteiger charge is -2.15. The van der Waals surface area contributed by atoms with Gasteiger partial charge >= 0.3 is 11.6 Å². The molecule has 0 fully saturated rings. The molecule has 118 valence electrons. The molecule has 1 unspecified atom stereocenters. The third-order valence-corrected chi connectivity index (χ3v) is 3.48. The summed E-state index contributed by atoms with van der Waals surface area (Å²) in [5.41, 5.74) is 0.786. The van der Waals surface area contributed by atoms with Crippen LogP contribution in [-0.2, 0) is 16.0 Å². The van der Waals surface area contributed by atoms with E-state index in [1.165, 1.54) is 12.1 Å². The zero-order valence-corrected chi connectivity index (χ0v) is 13.4. The summed E-state index contributed by atoms with van der Waals surface area (Å²) in [6.07, 6.45) is -0.131. The zero-order valence-electron chi connectivity index (χ0n) is 12.6. The van der Waals surface area contributed by atoms with Gasteiger partial charge in [0.05, 0.1) is 11.6 Å². The fourth-order valence-corrected chi connectivity index (χ4v) is 2.32. The molecule has 1 aromatic carbocycles. The molecular weight excluding hydrogens is 308 g/mol. The highest BCUT2D eigenvalue weighted by Crippen LogP contribution is 2.32. The van der Waals surface area contributed by atoms with Gasteiger partial charge in [0.15, 0.2) is 6.10 Å². The number of halogens is 1. The average molecular weight is 325 g/mol. The van der Waals surface area contributed by atoms with Crippen molar-refractivity contribution in [3.63, 3.8) is 0 Å². The molecular formula is C16H17ClO5. The summed E-state index contributed by atoms with van der Waals surface area (Å²) < 4.78 is 15.6. The summed E-state index contributed by atoms with van der Waals surface area (Å²) in [5, 5.41) is 1.09. The number of ether oxygens (including phenoxy) is 2. The van der Waals surface area contributed by atoms with E-state index in [0.717, 1.165) is 10.9 Å². The van der Waals surface area contributed by atoms with Gasteiger partial charge in [0.2, 0.25) is 0 Å². The van der Waals surface area contributed by atoms with Crippen LogP contribution >= 0.6 is 11.6 Å². The maximum atomic E-state index is 11.6. The highest BCUT2D eigenvalue weighted by Gasteiger charge is 2.18. The second-order valence-corrected chi connectivity index (χ2v) is 5.14. The molecule has 0 spiro atoms. The maximum Gasteiger partial charge on any atom is 0.347 e. The van der Waals surface area contributed by atoms with Crippen molar-refractivity contribution in [2.24, 2.45) is 0 Å². The monoisotopic (exact) mass is 324 g/mol. The minimum absolute atomic E-state index is 0.270. The smallest absolute Gasteiger partial charge is 0.347 e. The zero-order chi connectivity index (χ0) is 16.3. The molecule has 0 saturated carbocycles. The van der Waals surface area contributed by atoms with E-state index >= 15 is 0 Å². The van der Waals surface area contributed by atoms with Crippen LogP contribution in [0.25, 0.3) is 11.0 Å². The molecule has 0 radical (unpaired) electrons. The van der Waals surface area contributed by atoms with Crippen LogP contribution in [0, 0.1) is 0 Å². The fraction of sp³-hybridized carbons (Fsp3) is 0.375. The highest BCUT2D eigenvalue weighted by atomic mass is 35.5. The van der Waals surface area contributed by atoms with Crippen molar-refractivity contribution in [3.8, 4) is 5.75 Å². The van der Waals surface area contributed by atoms with Gasteiger partial charge in [0.25, 0.3) is 0 Å². The lowest BCUT2D eigenvalue weighted by Crippen LogP contribution is -2.26. The van der Waals surface area contributed by atoms with Crippen LogP contribution in [0.1, 0.15) is 26.3 Å². The molecule has 0 saturated heterocycles. The molecule has 6 heteroatoms. The molecule has 22 heavy (non-hydrogen) atoms. The molecule has 1 heterocycles. The summed E-state index contributed by atoms with van der Waals surface area (Å²) in [4.78, 5) is 23.2. The Morgan fingerprint density at radius 3 is 2.68 bits per heavy atom. The minimum Gasteiger partial charge on any atom is -0.477 e. The summed E-state index contributed by atoms with van der Waals surface area (Å²) in [6.45, 7) is 5.49. The number of carbonyl (C=O) groups excluding carboxylic acids is 1. The third kappa shape index (κ3) is 3.42. The van der Waals surface area contributed by atoms with E-state index < -0.39 is 17.7 Å². The topological polar surface area (TPSA) is 65.7 Å². The van der Waals surface area contributed by atoms with E-state index in [1.54, 1.807) is 19.9 Å². The Bertz CT molecular complexity index is 750. The predicted molar refractivity (Wildman–Crippen MR) is 83.6 cm³/mol. The highest BCUT2D eigenvalue weighted by molar-refractivity contribution is 6.32. The standard InChI is InChI=1S/C16H17ClO5/c1-4-10-6-15(18)22-13-8-14(12(17)7-11(10)13)21-9(3)16(19)20-5-2/h6-9H,4-5H2,1-3H3. The Balaban J connectivity index is 2.41. The van der Waals surface area contributed by atoms with Gasteiger partial charge in [0, 0.05) is 17.5 Å². The molecule has 1 atom stereocenters. The molecule has 2 aromatic rings. The molecule has 0 amide bonds. The predicted octanol–water partition coefficient (Wildman–Crippen LogP) is 3.34. The number of aryl methyl sites for hydroxylation is 1. The molecule has 1 aromatic heterocycles. The van der Waals surface area contributed by atoms with E-state index in [2.05, 4.69) is 0 Å². The van der Waals surface area contributed by atoms with Crippen LogP contribution in [-0.4, -0.2) is 18.7 Å². The molecule has 5 nitrogen and oxygen atoms in total. The van der Waals surface area contributed by atoms with Gasteiger partial charge in [-0.05, 0) is 31.9 Å². The number of rotatable bonds is 5. The number of fused-ring (bicyclic) bond motifs is 1. The minimum atomic E-state index is -0.809. The second-order valence-electron chi connectivity index (χ2n) is 4.74. The Kier molecular flexibility index (Phi) is 5.08. The van der Waals surface area contributed by atoms with E-state index in [1.807, 2.05) is 6.92 Å². The Hall–Kier alpha value is -2.01. The van der Waals surface area contributed by atoms with Crippen LogP contribution in [0.4, 0.5) is 0 Å². The van der Waals surface area contributed by atoms with Crippen LogP contribution < -0.4 is 10.4 Å². The van der Waals surface area contributed by atoms with E-state index in [9.17, 15) is 9.59 Å². The van der Waals surface area contributed by atoms with Crippen LogP contribution in [0.3, 0.4) is 0 Å². The third-order valence-electron chi connectivity index (χ3n) is 3.19. The first-order chi connectivity index (χ1) is 10.5. The van der Waals surface area contributed by atoms with Crippen molar-refractivity contribution in [3.05, 3.63) is 39.2 Å². The quantitative estimate of drug-likeness (QED) is 0.623. The number of hydrogen-bond acceptors (Lipinski definition) is 5. The average Bonchev–Trinajstić information content (AvgIpc) is 2.48. The molecule has 0 N–H and O–H groups in total. The fourth-order valence-electron chi connectivity index (χ4n) is 2.11. The van der Waals surface area contributed by atoms with Gasteiger partial charge < -0.3 is 13.9 Å². The van der Waals surface area contributed by atoms with Crippen molar-refractivity contribution in [2.75, 3.05) is 6.61 Å². The summed E-state index contributed by atoms with van der Waals surface area (Å²) in [7, 11) is 0. The summed E-state index contributed by atoms with van der Waals surface area (Å²) in [6, 6.07) is 4.64. The van der Waals surface area contributed by atoms with Crippen molar-refractivity contribution in [1.29, 1.82) is 0 Å². The number of hydrogen-bond donors (Lipinski definition) is 0. The molecule has 0 aliphatic carbocycles. The lowest BCUT2D eigenvalue weighted by atomic mass is 10.1. The molecule has 0 aliphatic rings. The molecule has 0 aliphatic heterocycles. The van der Waals surface area contributed by atoms with Crippen molar-refractivity contribution in [2.45, 2.75) is 33.3 Å². The number of esters is 1. The van der Waals surface area contributed by atoms with Gasteiger partial charge in [-0.1, -0.05) is 18.5 Å².